The molecule has 11 rings (SSSR count). The molecule has 0 aliphatic rings. The molecule has 0 unspecified atom stereocenters. The number of aliphatic imine (C=N–C) groups is 1. The number of benzene rings is 8. The van der Waals surface area contributed by atoms with E-state index < -0.39 is 11.6 Å². The number of nitrogens with zero attached hydrogens (tertiary/aromatic N) is 5. The van der Waals surface area contributed by atoms with E-state index in [1.54, 1.807) is 0 Å². The summed E-state index contributed by atoms with van der Waals surface area (Å²) in [6.45, 7) is 5.98. The molecule has 3 aromatic heterocycles. The van der Waals surface area contributed by atoms with Crippen molar-refractivity contribution in [1.29, 1.82) is 5.26 Å². The maximum Gasteiger partial charge on any atom is 0.126 e. The fraction of sp³-hybridized carbons (Fsp3) is 0.0167. The van der Waals surface area contributed by atoms with Crippen molar-refractivity contribution in [3.05, 3.63) is 235 Å². The van der Waals surface area contributed by atoms with E-state index in [9.17, 15) is 5.26 Å². The molecule has 0 radical (unpaired) electrons. The van der Waals surface area contributed by atoms with Crippen molar-refractivity contribution in [2.75, 3.05) is 0 Å². The Hall–Kier alpha value is -8.99. The van der Waals surface area contributed by atoms with Gasteiger partial charge in [-0.3, -0.25) is 9.98 Å². The number of rotatable bonds is 9. The van der Waals surface area contributed by atoms with E-state index in [2.05, 4.69) is 112 Å². The lowest BCUT2D eigenvalue weighted by Gasteiger charge is -2.20. The average molecular weight is 868 g/mol. The van der Waals surface area contributed by atoms with Crippen LogP contribution in [0.3, 0.4) is 0 Å². The summed E-state index contributed by atoms with van der Waals surface area (Å²) in [5.74, 6) is -1.47. The Kier molecular flexibility index (Phi) is 10.3. The molecule has 8 aromatic carbocycles. The largest absolute Gasteiger partial charge is 0.307 e. The maximum absolute atomic E-state index is 15.1. The minimum absolute atomic E-state index is 0.251. The van der Waals surface area contributed by atoms with Crippen molar-refractivity contribution in [1.82, 2.24) is 14.1 Å². The molecule has 11 aromatic rings. The van der Waals surface area contributed by atoms with E-state index in [1.165, 1.54) is 12.1 Å². The summed E-state index contributed by atoms with van der Waals surface area (Å²) in [7, 11) is 0. The normalized spacial score (nSPS) is 12.0. The van der Waals surface area contributed by atoms with E-state index in [1.807, 2.05) is 110 Å². The number of pyridine rings is 1. The highest BCUT2D eigenvalue weighted by atomic mass is 19.1. The first-order valence-electron chi connectivity index (χ1n) is 22.0. The van der Waals surface area contributed by atoms with Gasteiger partial charge in [0.05, 0.1) is 56.5 Å². The lowest BCUT2D eigenvalue weighted by molar-refractivity contribution is 0.584. The molecule has 3 heterocycles. The van der Waals surface area contributed by atoms with E-state index in [4.69, 9.17) is 4.98 Å². The van der Waals surface area contributed by atoms with Crippen LogP contribution in [0.4, 0.5) is 8.78 Å². The summed E-state index contributed by atoms with van der Waals surface area (Å²) < 4.78 is 34.7. The van der Waals surface area contributed by atoms with Crippen LogP contribution in [0.2, 0.25) is 0 Å². The first-order valence-corrected chi connectivity index (χ1v) is 22.0. The van der Waals surface area contributed by atoms with Crippen LogP contribution in [-0.4, -0.2) is 20.8 Å². The van der Waals surface area contributed by atoms with Gasteiger partial charge in [-0.15, -0.1) is 0 Å². The van der Waals surface area contributed by atoms with Gasteiger partial charge in [-0.2, -0.15) is 5.26 Å². The Balaban J connectivity index is 1.27. The van der Waals surface area contributed by atoms with Crippen LogP contribution in [0.15, 0.2) is 211 Å². The van der Waals surface area contributed by atoms with Gasteiger partial charge in [-0.05, 0) is 84.9 Å². The minimum Gasteiger partial charge on any atom is -0.307 e. The van der Waals surface area contributed by atoms with E-state index in [0.717, 1.165) is 94.5 Å². The van der Waals surface area contributed by atoms with Crippen molar-refractivity contribution >= 4 is 61.6 Å². The Labute approximate surface area is 385 Å². The van der Waals surface area contributed by atoms with Crippen molar-refractivity contribution in [2.24, 2.45) is 4.99 Å². The van der Waals surface area contributed by atoms with Gasteiger partial charge in [-0.1, -0.05) is 140 Å². The molecule has 0 N–H and O–H groups in total. The third-order valence-corrected chi connectivity index (χ3v) is 12.5. The van der Waals surface area contributed by atoms with Crippen molar-refractivity contribution < 1.29 is 8.78 Å². The second-order valence-corrected chi connectivity index (χ2v) is 16.4. The Morgan fingerprint density at radius 1 is 0.552 bits per heavy atom. The smallest absolute Gasteiger partial charge is 0.126 e. The molecule has 7 heteroatoms. The number of halogens is 2. The number of para-hydroxylation sites is 2. The maximum atomic E-state index is 15.1. The fourth-order valence-electron chi connectivity index (χ4n) is 9.64. The number of fused-ring (bicyclic) bond motifs is 6. The van der Waals surface area contributed by atoms with Crippen molar-refractivity contribution in [3.63, 3.8) is 0 Å². The molecule has 0 aliphatic carbocycles. The second-order valence-electron chi connectivity index (χ2n) is 16.4. The van der Waals surface area contributed by atoms with Crippen molar-refractivity contribution in [3.8, 4) is 51.0 Å². The van der Waals surface area contributed by atoms with Crippen LogP contribution in [0, 0.1) is 23.0 Å². The summed E-state index contributed by atoms with van der Waals surface area (Å²) >= 11 is 0. The van der Waals surface area contributed by atoms with Gasteiger partial charge in [-0.25, -0.2) is 8.78 Å². The molecule has 0 saturated carbocycles. The molecule has 0 atom stereocenters. The summed E-state index contributed by atoms with van der Waals surface area (Å²) in [5.41, 5.74) is 13.2. The predicted octanol–water partition coefficient (Wildman–Crippen LogP) is 15.6. The lowest BCUT2D eigenvalue weighted by atomic mass is 9.97. The number of allylic oxidation sites excluding steroid dienone is 3. The lowest BCUT2D eigenvalue weighted by Crippen LogP contribution is -2.06. The zero-order valence-corrected chi connectivity index (χ0v) is 36.3. The fourth-order valence-corrected chi connectivity index (χ4v) is 9.64. The topological polar surface area (TPSA) is 58.9 Å². The number of aromatic nitrogens is 3. The number of hydrogen-bond donors (Lipinski definition) is 0. The van der Waals surface area contributed by atoms with Gasteiger partial charge < -0.3 is 9.13 Å². The second kappa shape index (κ2) is 16.9. The molecular formula is C60H39F2N5. The number of nitriles is 1. The molecule has 0 fully saturated rings. The first kappa shape index (κ1) is 40.8. The third kappa shape index (κ3) is 7.00. The SMILES string of the molecule is C=N/C(=C(\C=C/C)c1ccc2c3ccccc3n(-c3cc(-c4cc(F)cc(F)c4)c(C#N)cc3-n3c4ccccc4c4ccc(-c5cccnc5-c5ccccc5)cc43)c2c1)c1ccccc1. The zero-order chi connectivity index (χ0) is 45.6. The highest BCUT2D eigenvalue weighted by Crippen LogP contribution is 2.43. The summed E-state index contributed by atoms with van der Waals surface area (Å²) in [4.78, 5) is 9.42. The molecule has 0 saturated heterocycles. The summed E-state index contributed by atoms with van der Waals surface area (Å²) in [6.07, 6.45) is 5.86. The molecule has 0 aliphatic heterocycles. The Morgan fingerprint density at radius 3 is 1.81 bits per heavy atom. The molecule has 0 bridgehead atoms. The Morgan fingerprint density at radius 2 is 1.15 bits per heavy atom. The molecule has 5 nitrogen and oxygen atoms in total. The number of hydrogen-bond acceptors (Lipinski definition) is 3. The van der Waals surface area contributed by atoms with E-state index >= 15 is 8.78 Å². The third-order valence-electron chi connectivity index (χ3n) is 12.5. The van der Waals surface area contributed by atoms with E-state index in [-0.39, 0.29) is 11.1 Å². The zero-order valence-electron chi connectivity index (χ0n) is 36.3. The van der Waals surface area contributed by atoms with Crippen LogP contribution in [-0.2, 0) is 0 Å². The van der Waals surface area contributed by atoms with Crippen LogP contribution in [0.5, 0.6) is 0 Å². The van der Waals surface area contributed by atoms with Gasteiger partial charge in [0.1, 0.15) is 11.6 Å². The molecular weight excluding hydrogens is 829 g/mol. The van der Waals surface area contributed by atoms with Crippen LogP contribution < -0.4 is 0 Å². The van der Waals surface area contributed by atoms with Crippen LogP contribution in [0.1, 0.15) is 23.6 Å². The molecule has 67 heavy (non-hydrogen) atoms. The summed E-state index contributed by atoms with van der Waals surface area (Å²) in [6, 6.07) is 63.1. The predicted molar refractivity (Wildman–Crippen MR) is 271 cm³/mol. The molecule has 0 amide bonds. The molecule has 318 valence electrons. The summed E-state index contributed by atoms with van der Waals surface area (Å²) in [5, 5.41) is 15.0. The first-order chi connectivity index (χ1) is 32.9. The Bertz CT molecular complexity index is 3850. The van der Waals surface area contributed by atoms with Gasteiger partial charge in [0.15, 0.2) is 0 Å². The van der Waals surface area contributed by atoms with E-state index in [0.29, 0.717) is 16.9 Å². The van der Waals surface area contributed by atoms with Gasteiger partial charge in [0.2, 0.25) is 0 Å². The van der Waals surface area contributed by atoms with Gasteiger partial charge in [0.25, 0.3) is 0 Å². The average Bonchev–Trinajstić information content (AvgIpc) is 3.88. The minimum atomic E-state index is -0.737. The van der Waals surface area contributed by atoms with Gasteiger partial charge >= 0.3 is 0 Å². The quantitative estimate of drug-likeness (QED) is 0.0824. The van der Waals surface area contributed by atoms with Gasteiger partial charge in [0, 0.05) is 61.6 Å². The highest BCUT2D eigenvalue weighted by Gasteiger charge is 2.24. The van der Waals surface area contributed by atoms with Crippen LogP contribution in [0.25, 0.3) is 99.8 Å². The van der Waals surface area contributed by atoms with Crippen molar-refractivity contribution in [2.45, 2.75) is 6.92 Å². The standard InChI is InChI=1S/C60H39F2N5/c1-3-15-46(59(64-2)38-16-6-4-7-17-38)40-25-27-51-49-21-11-13-24-54(49)67(56(51)32-40)58-36-52(42-30-44(61)35-45(62)31-42)43(37-63)34-57(58)66-53-23-12-10-20-48(53)50-28-26-41(33-55(50)66)47-22-14-29-65-60(47)39-18-8-5-9-19-39/h3-36H,2H2,1H3/b15-3-,59-46+. The molecule has 0 spiro atoms. The monoisotopic (exact) mass is 867 g/mol. The van der Waals surface area contributed by atoms with Crippen LogP contribution >= 0.6 is 0 Å². The highest BCUT2D eigenvalue weighted by molar-refractivity contribution is 6.13.